The third-order valence-corrected chi connectivity index (χ3v) is 7.10. The molecule has 3 atom stereocenters. The second-order valence-electron chi connectivity index (χ2n) is 10.6. The number of piperazine rings is 1. The summed E-state index contributed by atoms with van der Waals surface area (Å²) in [5.41, 5.74) is 2.07. The van der Waals surface area contributed by atoms with E-state index in [1.807, 2.05) is 38.1 Å². The second kappa shape index (κ2) is 12.2. The van der Waals surface area contributed by atoms with E-state index in [1.54, 1.807) is 0 Å². The Bertz CT molecular complexity index is 831. The highest BCUT2D eigenvalue weighted by Gasteiger charge is 2.41. The van der Waals surface area contributed by atoms with Crippen LogP contribution in [-0.2, 0) is 25.5 Å². The van der Waals surface area contributed by atoms with Gasteiger partial charge in [-0.25, -0.2) is 9.59 Å². The molecule has 1 amide bonds. The molecule has 0 spiro atoms. The Kier molecular flexibility index (Phi) is 9.55. The van der Waals surface area contributed by atoms with E-state index >= 15 is 0 Å². The van der Waals surface area contributed by atoms with E-state index < -0.39 is 18.1 Å². The van der Waals surface area contributed by atoms with Crippen LogP contribution in [0.1, 0.15) is 71.3 Å². The van der Waals surface area contributed by atoms with Gasteiger partial charge in [-0.15, -0.1) is 0 Å². The fraction of sp³-hybridized carbons (Fsp3) is 0.704. The van der Waals surface area contributed by atoms with Crippen molar-refractivity contribution in [1.29, 1.82) is 0 Å². The van der Waals surface area contributed by atoms with Gasteiger partial charge in [0.15, 0.2) is 6.29 Å². The van der Waals surface area contributed by atoms with Crippen LogP contribution in [0, 0.1) is 11.3 Å². The van der Waals surface area contributed by atoms with Crippen LogP contribution < -0.4 is 0 Å². The monoisotopic (exact) mass is 490 g/mol. The molecule has 2 aliphatic rings. The average molecular weight is 491 g/mol. The van der Waals surface area contributed by atoms with E-state index in [9.17, 15) is 14.7 Å². The van der Waals surface area contributed by atoms with Crippen molar-refractivity contribution in [3.05, 3.63) is 35.4 Å². The summed E-state index contributed by atoms with van der Waals surface area (Å²) < 4.78 is 17.2. The Hall–Kier alpha value is -2.16. The van der Waals surface area contributed by atoms with Crippen LogP contribution in [-0.4, -0.2) is 72.0 Å². The Morgan fingerprint density at radius 3 is 2.29 bits per heavy atom. The molecule has 8 nitrogen and oxygen atoms in total. The van der Waals surface area contributed by atoms with Gasteiger partial charge in [0.2, 0.25) is 0 Å². The highest BCUT2D eigenvalue weighted by Crippen LogP contribution is 2.41. The average Bonchev–Trinajstić information content (AvgIpc) is 3.28. The highest BCUT2D eigenvalue weighted by molar-refractivity contribution is 5.80. The Labute approximate surface area is 209 Å². The molecule has 3 rings (SSSR count). The maximum absolute atomic E-state index is 13.0. The number of carbonyl (C=O) groups is 2. The number of rotatable bonds is 9. The lowest BCUT2D eigenvalue weighted by Gasteiger charge is -2.40. The number of ether oxygens (including phenoxy) is 3. The normalized spacial score (nSPS) is 23.6. The third-order valence-electron chi connectivity index (χ3n) is 7.10. The Balaban J connectivity index is 1.60. The minimum Gasteiger partial charge on any atom is -0.480 e. The van der Waals surface area contributed by atoms with E-state index in [-0.39, 0.29) is 24.4 Å². The predicted octanol–water partition coefficient (Wildman–Crippen LogP) is 4.68. The van der Waals surface area contributed by atoms with Crippen molar-refractivity contribution in [2.24, 2.45) is 11.3 Å². The maximum atomic E-state index is 13.0. The molecule has 0 aromatic heterocycles. The first kappa shape index (κ1) is 27.4. The summed E-state index contributed by atoms with van der Waals surface area (Å²) in [6, 6.07) is 7.08. The fourth-order valence-corrected chi connectivity index (χ4v) is 5.25. The summed E-state index contributed by atoms with van der Waals surface area (Å²) in [4.78, 5) is 28.6. The number of nitrogens with zero attached hydrogens (tertiary/aromatic N) is 2. The quantitative estimate of drug-likeness (QED) is 0.503. The van der Waals surface area contributed by atoms with E-state index in [2.05, 4.69) is 25.7 Å². The molecule has 3 unspecified atom stereocenters. The highest BCUT2D eigenvalue weighted by atomic mass is 16.7. The number of carboxylic acid groups (broad SMARTS) is 1. The van der Waals surface area contributed by atoms with Gasteiger partial charge >= 0.3 is 12.1 Å². The molecule has 1 aromatic rings. The summed E-state index contributed by atoms with van der Waals surface area (Å²) in [6.07, 6.45) is 1.88. The summed E-state index contributed by atoms with van der Waals surface area (Å²) in [5, 5.41) is 9.88. The van der Waals surface area contributed by atoms with Crippen LogP contribution >= 0.6 is 0 Å². The summed E-state index contributed by atoms with van der Waals surface area (Å²) in [5.74, 6) is -0.707. The molecule has 1 heterocycles. The van der Waals surface area contributed by atoms with E-state index in [4.69, 9.17) is 14.2 Å². The zero-order chi connectivity index (χ0) is 25.6. The van der Waals surface area contributed by atoms with Gasteiger partial charge in [0.25, 0.3) is 0 Å². The molecule has 1 N–H and O–H groups in total. The summed E-state index contributed by atoms with van der Waals surface area (Å²) >= 11 is 0. The third kappa shape index (κ3) is 7.18. The number of carboxylic acids is 1. The molecular weight excluding hydrogens is 448 g/mol. The minimum atomic E-state index is -1.00. The van der Waals surface area contributed by atoms with Gasteiger partial charge in [-0.2, -0.15) is 0 Å². The first-order valence-electron chi connectivity index (χ1n) is 12.9. The lowest BCUT2D eigenvalue weighted by Crippen LogP contribution is -2.58. The molecule has 2 fully saturated rings. The minimum absolute atomic E-state index is 0.0488. The molecular formula is C27H42N2O6. The van der Waals surface area contributed by atoms with Crippen molar-refractivity contribution in [1.82, 2.24) is 9.80 Å². The smallest absolute Gasteiger partial charge is 0.410 e. The zero-order valence-corrected chi connectivity index (χ0v) is 21.9. The van der Waals surface area contributed by atoms with Gasteiger partial charge in [-0.3, -0.25) is 9.80 Å². The van der Waals surface area contributed by atoms with Gasteiger partial charge < -0.3 is 19.3 Å². The molecule has 8 heteroatoms. The van der Waals surface area contributed by atoms with Crippen LogP contribution in [0.3, 0.4) is 0 Å². The standard InChI is InChI=1S/C27H42N2O6/c1-6-33-25(34-7-2)20-13-11-19(12-14-20)17-28-15-16-29(22(18-28)24(30)31)26(32)35-23-10-8-9-21(23)27(3,4)5/h11-14,21-23,25H,6-10,15-18H2,1-5H3,(H,30,31). The van der Waals surface area contributed by atoms with Crippen molar-refractivity contribution >= 4 is 12.1 Å². The van der Waals surface area contributed by atoms with Crippen molar-refractivity contribution < 1.29 is 28.9 Å². The van der Waals surface area contributed by atoms with Crippen LogP contribution in [0.15, 0.2) is 24.3 Å². The van der Waals surface area contributed by atoms with Gasteiger partial charge in [0.1, 0.15) is 12.1 Å². The van der Waals surface area contributed by atoms with Gasteiger partial charge in [-0.1, -0.05) is 45.0 Å². The first-order chi connectivity index (χ1) is 16.6. The van der Waals surface area contributed by atoms with Crippen LogP contribution in [0.25, 0.3) is 0 Å². The molecule has 0 bridgehead atoms. The Morgan fingerprint density at radius 2 is 1.71 bits per heavy atom. The SMILES string of the molecule is CCOC(OCC)c1ccc(CN2CCN(C(=O)OC3CCCC3C(C)(C)C)C(C(=O)O)C2)cc1. The van der Waals surface area contributed by atoms with Crippen LogP contribution in [0.5, 0.6) is 0 Å². The van der Waals surface area contributed by atoms with Crippen LogP contribution in [0.2, 0.25) is 0 Å². The second-order valence-corrected chi connectivity index (χ2v) is 10.6. The number of carbonyl (C=O) groups excluding carboxylic acids is 1. The summed E-state index contributed by atoms with van der Waals surface area (Å²) in [6.45, 7) is 13.3. The predicted molar refractivity (Wildman–Crippen MR) is 133 cm³/mol. The molecule has 35 heavy (non-hydrogen) atoms. The molecule has 1 saturated heterocycles. The van der Waals surface area contributed by atoms with Crippen molar-refractivity contribution in [2.45, 2.75) is 78.9 Å². The van der Waals surface area contributed by atoms with Crippen molar-refractivity contribution in [3.63, 3.8) is 0 Å². The number of benzene rings is 1. The topological polar surface area (TPSA) is 88.5 Å². The zero-order valence-electron chi connectivity index (χ0n) is 21.9. The molecule has 1 aromatic carbocycles. The number of hydrogen-bond acceptors (Lipinski definition) is 6. The molecule has 1 aliphatic carbocycles. The lowest BCUT2D eigenvalue weighted by molar-refractivity contribution is -0.145. The molecule has 0 radical (unpaired) electrons. The van der Waals surface area contributed by atoms with Crippen molar-refractivity contribution in [3.8, 4) is 0 Å². The number of amides is 1. The Morgan fingerprint density at radius 1 is 1.06 bits per heavy atom. The molecule has 1 aliphatic heterocycles. The van der Waals surface area contributed by atoms with Gasteiger partial charge in [-0.05, 0) is 44.1 Å². The van der Waals surface area contributed by atoms with Gasteiger partial charge in [0.05, 0.1) is 0 Å². The van der Waals surface area contributed by atoms with Crippen molar-refractivity contribution in [2.75, 3.05) is 32.8 Å². The van der Waals surface area contributed by atoms with Gasteiger partial charge in [0, 0.05) is 50.9 Å². The largest absolute Gasteiger partial charge is 0.480 e. The molecule has 196 valence electrons. The fourth-order valence-electron chi connectivity index (χ4n) is 5.25. The summed E-state index contributed by atoms with van der Waals surface area (Å²) in [7, 11) is 0. The molecule has 1 saturated carbocycles. The van der Waals surface area contributed by atoms with E-state index in [0.29, 0.717) is 38.8 Å². The van der Waals surface area contributed by atoms with E-state index in [1.165, 1.54) is 4.90 Å². The van der Waals surface area contributed by atoms with E-state index in [0.717, 1.165) is 30.4 Å². The van der Waals surface area contributed by atoms with Crippen LogP contribution in [0.4, 0.5) is 4.79 Å². The maximum Gasteiger partial charge on any atom is 0.410 e. The number of aliphatic carboxylic acids is 1. The number of hydrogen-bond donors (Lipinski definition) is 1. The lowest BCUT2D eigenvalue weighted by atomic mass is 9.78. The first-order valence-corrected chi connectivity index (χ1v) is 12.9.